The first-order valence-electron chi connectivity index (χ1n) is 7.71. The van der Waals surface area contributed by atoms with E-state index in [1.165, 1.54) is 5.56 Å². The van der Waals surface area contributed by atoms with Crippen molar-refractivity contribution < 1.29 is 8.83 Å². The molecule has 0 aliphatic carbocycles. The Kier molecular flexibility index (Phi) is 4.09. The highest BCUT2D eigenvalue weighted by molar-refractivity contribution is 8.14. The summed E-state index contributed by atoms with van der Waals surface area (Å²) in [6, 6.07) is 15.8. The average Bonchev–Trinajstić information content (AvgIpc) is 3.33. The van der Waals surface area contributed by atoms with E-state index in [-0.39, 0.29) is 11.3 Å². The SMILES string of the molecule is Cc1ccc(C=NC2=N[C@@H](c3ccco3)[C@H](c3ccco3)S2)cc1. The van der Waals surface area contributed by atoms with Gasteiger partial charge in [-0.1, -0.05) is 41.6 Å². The van der Waals surface area contributed by atoms with Crippen molar-refractivity contribution in [1.82, 2.24) is 0 Å². The molecule has 0 radical (unpaired) electrons. The molecule has 1 aliphatic rings. The number of rotatable bonds is 3. The fourth-order valence-electron chi connectivity index (χ4n) is 2.58. The summed E-state index contributed by atoms with van der Waals surface area (Å²) < 4.78 is 11.1. The van der Waals surface area contributed by atoms with Crippen LogP contribution in [-0.2, 0) is 0 Å². The van der Waals surface area contributed by atoms with Gasteiger partial charge in [-0.3, -0.25) is 0 Å². The topological polar surface area (TPSA) is 51.0 Å². The van der Waals surface area contributed by atoms with E-state index < -0.39 is 0 Å². The van der Waals surface area contributed by atoms with Crippen LogP contribution in [-0.4, -0.2) is 11.4 Å². The van der Waals surface area contributed by atoms with Crippen LogP contribution in [0.1, 0.15) is 33.9 Å². The quantitative estimate of drug-likeness (QED) is 0.619. The lowest BCUT2D eigenvalue weighted by molar-refractivity contribution is 0.432. The normalized spacial score (nSPS) is 20.6. The molecule has 3 heterocycles. The Hall–Kier alpha value is -2.53. The van der Waals surface area contributed by atoms with Crippen LogP contribution in [0.15, 0.2) is 79.9 Å². The van der Waals surface area contributed by atoms with Crippen molar-refractivity contribution in [2.75, 3.05) is 0 Å². The first-order chi connectivity index (χ1) is 11.8. The highest BCUT2D eigenvalue weighted by Crippen LogP contribution is 2.48. The number of nitrogens with zero attached hydrogens (tertiary/aromatic N) is 2. The Balaban J connectivity index is 1.59. The van der Waals surface area contributed by atoms with Crippen LogP contribution >= 0.6 is 11.8 Å². The highest BCUT2D eigenvalue weighted by Gasteiger charge is 2.36. The number of furan rings is 2. The van der Waals surface area contributed by atoms with E-state index in [0.29, 0.717) is 0 Å². The largest absolute Gasteiger partial charge is 0.468 e. The zero-order valence-corrected chi connectivity index (χ0v) is 13.9. The second-order valence-corrected chi connectivity index (χ2v) is 6.70. The molecule has 120 valence electrons. The molecule has 0 N–H and O–H groups in total. The molecule has 0 unspecified atom stereocenters. The smallest absolute Gasteiger partial charge is 0.184 e. The van der Waals surface area contributed by atoms with Gasteiger partial charge in [-0.25, -0.2) is 9.98 Å². The van der Waals surface area contributed by atoms with E-state index in [9.17, 15) is 0 Å². The highest BCUT2D eigenvalue weighted by atomic mass is 32.2. The van der Waals surface area contributed by atoms with E-state index in [4.69, 9.17) is 13.8 Å². The summed E-state index contributed by atoms with van der Waals surface area (Å²) in [5.41, 5.74) is 2.29. The molecular weight excluding hydrogens is 320 g/mol. The molecule has 0 spiro atoms. The second-order valence-electron chi connectivity index (χ2n) is 5.59. The number of aliphatic imine (C=N–C) groups is 2. The van der Waals surface area contributed by atoms with E-state index in [0.717, 1.165) is 22.3 Å². The summed E-state index contributed by atoms with van der Waals surface area (Å²) in [5, 5.41) is 0.773. The van der Waals surface area contributed by atoms with E-state index in [1.54, 1.807) is 24.3 Å². The lowest BCUT2D eigenvalue weighted by atomic mass is 10.1. The molecule has 2 atom stereocenters. The van der Waals surface area contributed by atoms with Gasteiger partial charge in [0.1, 0.15) is 22.8 Å². The predicted molar refractivity (Wildman–Crippen MR) is 96.7 cm³/mol. The number of benzene rings is 1. The van der Waals surface area contributed by atoms with Crippen LogP contribution in [0, 0.1) is 6.92 Å². The fraction of sp³-hybridized carbons (Fsp3) is 0.158. The Morgan fingerprint density at radius 1 is 1.00 bits per heavy atom. The van der Waals surface area contributed by atoms with Gasteiger partial charge >= 0.3 is 0 Å². The minimum Gasteiger partial charge on any atom is -0.468 e. The summed E-state index contributed by atoms with van der Waals surface area (Å²) in [5.74, 6) is 1.70. The first-order valence-corrected chi connectivity index (χ1v) is 8.59. The van der Waals surface area contributed by atoms with Crippen LogP contribution in [0.2, 0.25) is 0 Å². The Bertz CT molecular complexity index is 849. The summed E-state index contributed by atoms with van der Waals surface area (Å²) in [6.07, 6.45) is 5.19. The molecule has 0 fully saturated rings. The zero-order valence-electron chi connectivity index (χ0n) is 13.1. The maximum Gasteiger partial charge on any atom is 0.184 e. The van der Waals surface area contributed by atoms with Crippen molar-refractivity contribution in [2.24, 2.45) is 9.98 Å². The number of aryl methyl sites for hydroxylation is 1. The molecule has 5 heteroatoms. The molecule has 4 nitrogen and oxygen atoms in total. The minimum atomic E-state index is -0.124. The average molecular weight is 336 g/mol. The molecule has 1 aromatic carbocycles. The van der Waals surface area contributed by atoms with Gasteiger partial charge in [0.2, 0.25) is 0 Å². The lowest BCUT2D eigenvalue weighted by Gasteiger charge is -2.11. The van der Waals surface area contributed by atoms with Crippen LogP contribution in [0.3, 0.4) is 0 Å². The maximum atomic E-state index is 5.58. The summed E-state index contributed by atoms with van der Waals surface area (Å²) in [7, 11) is 0. The second kappa shape index (κ2) is 6.53. The van der Waals surface area contributed by atoms with Gasteiger partial charge in [0.05, 0.1) is 12.5 Å². The van der Waals surface area contributed by atoms with Gasteiger partial charge in [0.25, 0.3) is 0 Å². The Morgan fingerprint density at radius 3 is 2.38 bits per heavy atom. The molecule has 4 rings (SSSR count). The fourth-order valence-corrected chi connectivity index (χ4v) is 3.67. The summed E-state index contributed by atoms with van der Waals surface area (Å²) in [4.78, 5) is 9.28. The molecular formula is C19H16N2O2S. The number of thioether (sulfide) groups is 1. The van der Waals surface area contributed by atoms with Crippen molar-refractivity contribution in [3.63, 3.8) is 0 Å². The number of hydrogen-bond donors (Lipinski definition) is 0. The van der Waals surface area contributed by atoms with Crippen LogP contribution in [0.25, 0.3) is 0 Å². The lowest BCUT2D eigenvalue weighted by Crippen LogP contribution is -1.99. The number of hydrogen-bond acceptors (Lipinski definition) is 5. The molecule has 0 saturated heterocycles. The Morgan fingerprint density at radius 2 is 1.71 bits per heavy atom. The van der Waals surface area contributed by atoms with Crippen LogP contribution in [0.4, 0.5) is 0 Å². The van der Waals surface area contributed by atoms with Crippen LogP contribution in [0.5, 0.6) is 0 Å². The molecule has 1 aliphatic heterocycles. The minimum absolute atomic E-state index is 0.0383. The molecule has 0 amide bonds. The predicted octanol–water partition coefficient (Wildman–Crippen LogP) is 5.19. The van der Waals surface area contributed by atoms with Gasteiger partial charge in [-0.2, -0.15) is 0 Å². The summed E-state index contributed by atoms with van der Waals surface area (Å²) in [6.45, 7) is 2.07. The van der Waals surface area contributed by atoms with Gasteiger partial charge < -0.3 is 8.83 Å². The monoisotopic (exact) mass is 336 g/mol. The third-order valence-corrected chi connectivity index (χ3v) is 4.99. The maximum absolute atomic E-state index is 5.58. The van der Waals surface area contributed by atoms with Gasteiger partial charge in [0, 0.05) is 6.21 Å². The van der Waals surface area contributed by atoms with Crippen molar-refractivity contribution in [2.45, 2.75) is 18.2 Å². The van der Waals surface area contributed by atoms with Crippen molar-refractivity contribution >= 4 is 23.1 Å². The Labute approximate surface area is 144 Å². The van der Waals surface area contributed by atoms with Crippen molar-refractivity contribution in [3.8, 4) is 0 Å². The van der Waals surface area contributed by atoms with Gasteiger partial charge in [0.15, 0.2) is 5.17 Å². The molecule has 24 heavy (non-hydrogen) atoms. The molecule has 3 aromatic rings. The molecule has 2 aromatic heterocycles. The van der Waals surface area contributed by atoms with E-state index in [1.807, 2.05) is 42.6 Å². The standard InChI is InChI=1S/C19H16N2O2S/c1-13-6-8-14(9-7-13)12-20-19-21-17(15-4-2-10-22-15)18(24-19)16-5-3-11-23-16/h2-12,17-18H,1H3/t17-,18-/m0/s1. The zero-order chi connectivity index (χ0) is 16.4. The molecule has 0 bridgehead atoms. The number of amidine groups is 1. The van der Waals surface area contributed by atoms with Crippen LogP contribution < -0.4 is 0 Å². The van der Waals surface area contributed by atoms with Crippen molar-refractivity contribution in [1.29, 1.82) is 0 Å². The first kappa shape index (κ1) is 15.0. The molecule has 0 saturated carbocycles. The summed E-state index contributed by atoms with van der Waals surface area (Å²) >= 11 is 1.60. The van der Waals surface area contributed by atoms with Gasteiger partial charge in [-0.15, -0.1) is 0 Å². The van der Waals surface area contributed by atoms with Gasteiger partial charge in [-0.05, 0) is 36.8 Å². The third kappa shape index (κ3) is 3.08. The van der Waals surface area contributed by atoms with E-state index >= 15 is 0 Å². The van der Waals surface area contributed by atoms with E-state index in [2.05, 4.69) is 24.0 Å². The van der Waals surface area contributed by atoms with Crippen molar-refractivity contribution in [3.05, 3.63) is 83.7 Å². The third-order valence-electron chi connectivity index (χ3n) is 3.83.